The smallest absolute Gasteiger partial charge is 0.305 e. The lowest BCUT2D eigenvalue weighted by molar-refractivity contribution is -0.167. The second kappa shape index (κ2) is 14.5. The van der Waals surface area contributed by atoms with Crippen LogP contribution in [0, 0.1) is 5.41 Å². The zero-order valence-corrected chi connectivity index (χ0v) is 16.6. The Morgan fingerprint density at radius 3 is 1.23 bits per heavy atom. The Morgan fingerprint density at radius 2 is 0.962 bits per heavy atom. The number of hydrogen-bond acceptors (Lipinski definition) is 7. The molecule has 0 aromatic heterocycles. The molecular weight excluding hydrogens is 340 g/mol. The lowest BCUT2D eigenvalue weighted by Crippen LogP contribution is -2.43. The fourth-order valence-corrected chi connectivity index (χ4v) is 2.10. The van der Waals surface area contributed by atoms with Crippen molar-refractivity contribution >= 4 is 17.9 Å². The second-order valence-electron chi connectivity index (χ2n) is 6.37. The van der Waals surface area contributed by atoms with Crippen LogP contribution >= 0.6 is 0 Å². The molecule has 0 fully saturated rings. The summed E-state index contributed by atoms with van der Waals surface area (Å²) in [7, 11) is 0. The molecule has 0 amide bonds. The van der Waals surface area contributed by atoms with Gasteiger partial charge >= 0.3 is 17.9 Å². The van der Waals surface area contributed by atoms with Crippen LogP contribution in [0.2, 0.25) is 0 Å². The van der Waals surface area contributed by atoms with Gasteiger partial charge in [0.25, 0.3) is 0 Å². The van der Waals surface area contributed by atoms with Gasteiger partial charge in [0.05, 0.1) is 12.0 Å². The molecule has 152 valence electrons. The first-order valence-electron chi connectivity index (χ1n) is 9.47. The topological polar surface area (TPSA) is 88.1 Å². The lowest BCUT2D eigenvalue weighted by atomic mass is 9.92. The molecule has 0 spiro atoms. The highest BCUT2D eigenvalue weighted by molar-refractivity contribution is 5.70. The Morgan fingerprint density at radius 1 is 0.615 bits per heavy atom. The van der Waals surface area contributed by atoms with Crippen molar-refractivity contribution in [1.82, 2.24) is 0 Å². The third-order valence-corrected chi connectivity index (χ3v) is 3.59. The summed E-state index contributed by atoms with van der Waals surface area (Å²) in [5.41, 5.74) is -0.911. The Kier molecular flexibility index (Phi) is 13.6. The molecule has 0 aromatic rings. The van der Waals surface area contributed by atoms with Crippen molar-refractivity contribution in [2.24, 2.45) is 5.41 Å². The van der Waals surface area contributed by atoms with Crippen molar-refractivity contribution in [1.29, 1.82) is 0 Å². The number of hydrogen-bond donors (Lipinski definition) is 0. The van der Waals surface area contributed by atoms with Crippen LogP contribution in [0.5, 0.6) is 0 Å². The lowest BCUT2D eigenvalue weighted by Gasteiger charge is -2.31. The van der Waals surface area contributed by atoms with Gasteiger partial charge in [0, 0.05) is 25.9 Å². The number of carbonyl (C=O) groups is 3. The highest BCUT2D eigenvalue weighted by Crippen LogP contribution is 2.22. The average molecular weight is 374 g/mol. The van der Waals surface area contributed by atoms with E-state index in [4.69, 9.17) is 18.9 Å². The SMILES string of the molecule is CCCC(=O)OCC(COCC)(COC(=O)CCC)COC(=O)CCC. The Bertz CT molecular complexity index is 365. The van der Waals surface area contributed by atoms with Gasteiger partial charge in [0.1, 0.15) is 19.8 Å². The van der Waals surface area contributed by atoms with E-state index in [9.17, 15) is 14.4 Å². The molecule has 0 rings (SSSR count). The van der Waals surface area contributed by atoms with E-state index < -0.39 is 5.41 Å². The quantitative estimate of drug-likeness (QED) is 0.321. The predicted molar refractivity (Wildman–Crippen MR) is 96.5 cm³/mol. The van der Waals surface area contributed by atoms with Crippen LogP contribution < -0.4 is 0 Å². The molecule has 26 heavy (non-hydrogen) atoms. The standard InChI is InChI=1S/C19H34O7/c1-5-9-16(20)24-13-19(12-23-8-4,14-25-17(21)10-6-2)15-26-18(22)11-7-3/h5-15H2,1-4H3. The van der Waals surface area contributed by atoms with Crippen LogP contribution in [-0.4, -0.2) is 50.9 Å². The molecular formula is C19H34O7. The molecule has 0 bridgehead atoms. The van der Waals surface area contributed by atoms with E-state index in [2.05, 4.69) is 0 Å². The van der Waals surface area contributed by atoms with Gasteiger partial charge in [-0.2, -0.15) is 0 Å². The van der Waals surface area contributed by atoms with Crippen LogP contribution in [0.15, 0.2) is 0 Å². The van der Waals surface area contributed by atoms with Crippen molar-refractivity contribution in [3.05, 3.63) is 0 Å². The molecule has 0 saturated carbocycles. The fraction of sp³-hybridized carbons (Fsp3) is 0.842. The van der Waals surface area contributed by atoms with Crippen molar-refractivity contribution in [3.63, 3.8) is 0 Å². The average Bonchev–Trinajstić information content (AvgIpc) is 2.61. The maximum atomic E-state index is 11.8. The molecule has 7 heteroatoms. The third kappa shape index (κ3) is 11.1. The minimum Gasteiger partial charge on any atom is -0.465 e. The van der Waals surface area contributed by atoms with Gasteiger partial charge in [0.15, 0.2) is 0 Å². The highest BCUT2D eigenvalue weighted by Gasteiger charge is 2.36. The van der Waals surface area contributed by atoms with Gasteiger partial charge in [-0.1, -0.05) is 20.8 Å². The number of rotatable bonds is 15. The van der Waals surface area contributed by atoms with Gasteiger partial charge in [0.2, 0.25) is 0 Å². The van der Waals surface area contributed by atoms with Crippen molar-refractivity contribution in [3.8, 4) is 0 Å². The van der Waals surface area contributed by atoms with E-state index in [1.807, 2.05) is 27.7 Å². The van der Waals surface area contributed by atoms with Crippen molar-refractivity contribution in [2.45, 2.75) is 66.2 Å². The molecule has 0 N–H and O–H groups in total. The fourth-order valence-electron chi connectivity index (χ4n) is 2.10. The van der Waals surface area contributed by atoms with Crippen LogP contribution in [0.25, 0.3) is 0 Å². The molecule has 0 unspecified atom stereocenters. The summed E-state index contributed by atoms with van der Waals surface area (Å²) < 4.78 is 21.5. The normalized spacial score (nSPS) is 11.1. The van der Waals surface area contributed by atoms with Gasteiger partial charge in [-0.05, 0) is 26.2 Å². The monoisotopic (exact) mass is 374 g/mol. The predicted octanol–water partition coefficient (Wildman–Crippen LogP) is 3.04. The first-order chi connectivity index (χ1) is 12.4. The summed E-state index contributed by atoms with van der Waals surface area (Å²) in [6.45, 7) is 7.97. The molecule has 0 saturated heterocycles. The van der Waals surface area contributed by atoms with Crippen LogP contribution in [0.4, 0.5) is 0 Å². The van der Waals surface area contributed by atoms with Crippen LogP contribution in [0.3, 0.4) is 0 Å². The molecule has 0 atom stereocenters. The van der Waals surface area contributed by atoms with Gasteiger partial charge < -0.3 is 18.9 Å². The number of esters is 3. The zero-order chi connectivity index (χ0) is 19.8. The van der Waals surface area contributed by atoms with E-state index in [0.717, 1.165) is 0 Å². The summed E-state index contributed by atoms with van der Waals surface area (Å²) in [6, 6.07) is 0. The molecule has 0 aliphatic heterocycles. The first-order valence-corrected chi connectivity index (χ1v) is 9.47. The molecule has 0 aliphatic rings. The van der Waals surface area contributed by atoms with Crippen LogP contribution in [0.1, 0.15) is 66.2 Å². The van der Waals surface area contributed by atoms with E-state index in [1.54, 1.807) is 0 Å². The number of ether oxygens (including phenoxy) is 4. The van der Waals surface area contributed by atoms with Crippen molar-refractivity contribution < 1.29 is 33.3 Å². The summed E-state index contributed by atoms with van der Waals surface area (Å²) in [4.78, 5) is 35.3. The Labute approximate surface area is 156 Å². The minimum absolute atomic E-state index is 0.0371. The number of carbonyl (C=O) groups excluding carboxylic acids is 3. The largest absolute Gasteiger partial charge is 0.465 e. The zero-order valence-electron chi connectivity index (χ0n) is 16.6. The maximum Gasteiger partial charge on any atom is 0.305 e. The van der Waals surface area contributed by atoms with Crippen molar-refractivity contribution in [2.75, 3.05) is 33.0 Å². The summed E-state index contributed by atoms with van der Waals surface area (Å²) >= 11 is 0. The third-order valence-electron chi connectivity index (χ3n) is 3.59. The molecule has 0 aliphatic carbocycles. The molecule has 0 heterocycles. The Hall–Kier alpha value is -1.63. The van der Waals surface area contributed by atoms with E-state index in [1.165, 1.54) is 0 Å². The summed E-state index contributed by atoms with van der Waals surface area (Å²) in [6.07, 6.45) is 2.93. The highest BCUT2D eigenvalue weighted by atomic mass is 16.6. The summed E-state index contributed by atoms with van der Waals surface area (Å²) in [5.74, 6) is -1.02. The minimum atomic E-state index is -0.911. The van der Waals surface area contributed by atoms with E-state index >= 15 is 0 Å². The summed E-state index contributed by atoms with van der Waals surface area (Å²) in [5, 5.41) is 0. The second-order valence-corrected chi connectivity index (χ2v) is 6.37. The van der Waals surface area contributed by atoms with Gasteiger partial charge in [-0.3, -0.25) is 14.4 Å². The molecule has 7 nitrogen and oxygen atoms in total. The first kappa shape index (κ1) is 24.4. The van der Waals surface area contributed by atoms with E-state index in [0.29, 0.717) is 45.1 Å². The van der Waals surface area contributed by atoms with Crippen LogP contribution in [-0.2, 0) is 33.3 Å². The van der Waals surface area contributed by atoms with E-state index in [-0.39, 0.29) is 44.3 Å². The molecule has 0 radical (unpaired) electrons. The Balaban J connectivity index is 5.09. The van der Waals surface area contributed by atoms with Gasteiger partial charge in [-0.15, -0.1) is 0 Å². The molecule has 0 aromatic carbocycles. The maximum absolute atomic E-state index is 11.8. The van der Waals surface area contributed by atoms with Gasteiger partial charge in [-0.25, -0.2) is 0 Å².